The van der Waals surface area contributed by atoms with Crippen LogP contribution in [-0.4, -0.2) is 15.0 Å². The Morgan fingerprint density at radius 3 is 1.50 bits per heavy atom. The van der Waals surface area contributed by atoms with E-state index in [-0.39, 0.29) is 0 Å². The highest BCUT2D eigenvalue weighted by molar-refractivity contribution is 6.09. The van der Waals surface area contributed by atoms with Gasteiger partial charge in [-0.15, -0.1) is 0 Å². The Bertz CT molecular complexity index is 3150. The van der Waals surface area contributed by atoms with Crippen molar-refractivity contribution in [2.45, 2.75) is 5.41 Å². The monoisotopic (exact) mass is 713 g/mol. The van der Waals surface area contributed by atoms with Crippen molar-refractivity contribution < 1.29 is 4.42 Å². The molecule has 2 heterocycles. The van der Waals surface area contributed by atoms with Crippen LogP contribution in [0.15, 0.2) is 192 Å². The first-order valence-electron chi connectivity index (χ1n) is 19.0. The van der Waals surface area contributed by atoms with Crippen LogP contribution in [-0.2, 0) is 5.41 Å². The van der Waals surface area contributed by atoms with Crippen molar-refractivity contribution in [3.8, 4) is 67.5 Å². The molecule has 0 saturated carbocycles. The Morgan fingerprint density at radius 2 is 0.804 bits per heavy atom. The molecule has 56 heavy (non-hydrogen) atoms. The summed E-state index contributed by atoms with van der Waals surface area (Å²) in [4.78, 5) is 15.6. The Kier molecular flexibility index (Phi) is 6.52. The number of hydrogen-bond donors (Lipinski definition) is 0. The molecule has 0 amide bonds. The molecule has 260 valence electrons. The number of benzene rings is 8. The first-order chi connectivity index (χ1) is 27.8. The lowest BCUT2D eigenvalue weighted by atomic mass is 9.70. The summed E-state index contributed by atoms with van der Waals surface area (Å²) in [6.45, 7) is 0. The van der Waals surface area contributed by atoms with Gasteiger partial charge >= 0.3 is 0 Å². The van der Waals surface area contributed by atoms with Gasteiger partial charge in [0.1, 0.15) is 11.2 Å². The van der Waals surface area contributed by atoms with Crippen LogP contribution in [0.1, 0.15) is 22.3 Å². The predicted molar refractivity (Wildman–Crippen MR) is 225 cm³/mol. The van der Waals surface area contributed by atoms with Gasteiger partial charge < -0.3 is 4.42 Å². The number of nitrogens with zero attached hydrogens (tertiary/aromatic N) is 3. The third-order valence-corrected chi connectivity index (χ3v) is 11.8. The quantitative estimate of drug-likeness (QED) is 0.182. The zero-order chi connectivity index (χ0) is 36.8. The van der Waals surface area contributed by atoms with Crippen LogP contribution in [0.2, 0.25) is 0 Å². The second-order valence-corrected chi connectivity index (χ2v) is 14.7. The van der Waals surface area contributed by atoms with Gasteiger partial charge in [0.15, 0.2) is 17.5 Å². The van der Waals surface area contributed by atoms with E-state index in [4.69, 9.17) is 19.4 Å². The summed E-state index contributed by atoms with van der Waals surface area (Å²) in [7, 11) is 0. The summed E-state index contributed by atoms with van der Waals surface area (Å²) in [5.74, 6) is 1.88. The van der Waals surface area contributed by atoms with Gasteiger partial charge in [-0.25, -0.2) is 15.0 Å². The second kappa shape index (κ2) is 11.8. The lowest BCUT2D eigenvalue weighted by molar-refractivity contribution is 0.670. The zero-order valence-electron chi connectivity index (χ0n) is 30.1. The normalized spacial score (nSPS) is 13.1. The highest BCUT2D eigenvalue weighted by Gasteiger charge is 2.51. The first-order valence-corrected chi connectivity index (χ1v) is 19.0. The van der Waals surface area contributed by atoms with E-state index in [0.717, 1.165) is 49.8 Å². The van der Waals surface area contributed by atoms with Gasteiger partial charge in [0.25, 0.3) is 0 Å². The highest BCUT2D eigenvalue weighted by Crippen LogP contribution is 2.63. The Morgan fingerprint density at radius 1 is 0.321 bits per heavy atom. The Hall–Kier alpha value is -7.43. The van der Waals surface area contributed by atoms with Crippen LogP contribution in [0.4, 0.5) is 0 Å². The maximum absolute atomic E-state index is 6.44. The molecule has 8 aromatic carbocycles. The van der Waals surface area contributed by atoms with Crippen LogP contribution >= 0.6 is 0 Å². The molecule has 0 atom stereocenters. The fourth-order valence-corrected chi connectivity index (χ4v) is 9.38. The molecule has 4 nitrogen and oxygen atoms in total. The summed E-state index contributed by atoms with van der Waals surface area (Å²) in [5, 5.41) is 2.21. The van der Waals surface area contributed by atoms with Crippen molar-refractivity contribution in [2.24, 2.45) is 0 Å². The number of furan rings is 1. The average Bonchev–Trinajstić information content (AvgIpc) is 3.91. The van der Waals surface area contributed by atoms with E-state index in [1.54, 1.807) is 0 Å². The number of para-hydroxylation sites is 2. The SMILES string of the molecule is c1ccc(-c2nc(-c3cccc(-c4cccc5c4oc4ccccc45)c3)nc(-c3ccc4c(c3)C3(c5ccccc5-c5ccccc53)c3ccccc3-4)n2)cc1. The smallest absolute Gasteiger partial charge is 0.164 e. The number of hydrogen-bond acceptors (Lipinski definition) is 4. The van der Waals surface area contributed by atoms with Gasteiger partial charge in [-0.1, -0.05) is 170 Å². The van der Waals surface area contributed by atoms with Crippen LogP contribution in [0, 0.1) is 0 Å². The standard InChI is InChI=1S/C52H31N3O/c1-2-14-32(15-3-1)49-53-50(34-17-12-16-33(30-34)36-22-13-23-42-41-21-7-11-27-47(41)56-48(36)42)55-51(54-49)35-28-29-40-39-20-6-10-26-45(39)52(46(40)31-35)43-24-8-4-18-37(43)38-19-5-9-25-44(38)52/h1-31H. The van der Waals surface area contributed by atoms with Crippen molar-refractivity contribution in [1.82, 2.24) is 15.0 Å². The molecule has 4 heteroatoms. The molecular weight excluding hydrogens is 683 g/mol. The molecule has 2 aliphatic carbocycles. The van der Waals surface area contributed by atoms with E-state index < -0.39 is 5.41 Å². The van der Waals surface area contributed by atoms with E-state index in [1.165, 1.54) is 44.5 Å². The fourth-order valence-electron chi connectivity index (χ4n) is 9.38. The largest absolute Gasteiger partial charge is 0.455 e. The van der Waals surface area contributed by atoms with Crippen molar-refractivity contribution in [1.29, 1.82) is 0 Å². The summed E-state index contributed by atoms with van der Waals surface area (Å²) in [5.41, 5.74) is 16.4. The molecule has 0 N–H and O–H groups in total. The highest BCUT2D eigenvalue weighted by atomic mass is 16.3. The van der Waals surface area contributed by atoms with E-state index in [1.807, 2.05) is 30.3 Å². The van der Waals surface area contributed by atoms with Gasteiger partial charge in [0.05, 0.1) is 5.41 Å². The number of aromatic nitrogens is 3. The van der Waals surface area contributed by atoms with E-state index in [9.17, 15) is 0 Å². The molecule has 2 aromatic heterocycles. The van der Waals surface area contributed by atoms with Crippen molar-refractivity contribution in [2.75, 3.05) is 0 Å². The topological polar surface area (TPSA) is 51.8 Å². The summed E-state index contributed by atoms with van der Waals surface area (Å²) in [6.07, 6.45) is 0. The van der Waals surface area contributed by atoms with Gasteiger partial charge in [0, 0.05) is 33.0 Å². The molecule has 0 bridgehead atoms. The molecule has 1 spiro atoms. The average molecular weight is 714 g/mol. The second-order valence-electron chi connectivity index (χ2n) is 14.7. The summed E-state index contributed by atoms with van der Waals surface area (Å²) < 4.78 is 6.44. The van der Waals surface area contributed by atoms with Crippen LogP contribution in [0.5, 0.6) is 0 Å². The molecule has 2 aliphatic rings. The van der Waals surface area contributed by atoms with Crippen molar-refractivity contribution in [3.05, 3.63) is 210 Å². The van der Waals surface area contributed by atoms with E-state index >= 15 is 0 Å². The predicted octanol–water partition coefficient (Wildman–Crippen LogP) is 12.8. The maximum Gasteiger partial charge on any atom is 0.164 e. The molecular formula is C52H31N3O. The lowest BCUT2D eigenvalue weighted by Crippen LogP contribution is -2.25. The molecule has 10 aromatic rings. The minimum absolute atomic E-state index is 0.459. The van der Waals surface area contributed by atoms with Gasteiger partial charge in [-0.3, -0.25) is 0 Å². The Balaban J connectivity index is 1.06. The van der Waals surface area contributed by atoms with E-state index in [2.05, 4.69) is 158 Å². The number of fused-ring (bicyclic) bond motifs is 13. The van der Waals surface area contributed by atoms with Gasteiger partial charge in [-0.05, 0) is 68.3 Å². The minimum Gasteiger partial charge on any atom is -0.455 e. The van der Waals surface area contributed by atoms with E-state index in [0.29, 0.717) is 17.5 Å². The summed E-state index contributed by atoms with van der Waals surface area (Å²) >= 11 is 0. The third-order valence-electron chi connectivity index (χ3n) is 11.8. The molecule has 0 aliphatic heterocycles. The van der Waals surface area contributed by atoms with Gasteiger partial charge in [0.2, 0.25) is 0 Å². The Labute approximate surface area is 323 Å². The molecule has 0 radical (unpaired) electrons. The fraction of sp³-hybridized carbons (Fsp3) is 0.0192. The van der Waals surface area contributed by atoms with Crippen LogP contribution in [0.3, 0.4) is 0 Å². The zero-order valence-corrected chi connectivity index (χ0v) is 30.1. The van der Waals surface area contributed by atoms with Crippen molar-refractivity contribution >= 4 is 21.9 Å². The van der Waals surface area contributed by atoms with Crippen molar-refractivity contribution in [3.63, 3.8) is 0 Å². The lowest BCUT2D eigenvalue weighted by Gasteiger charge is -2.30. The molecule has 0 fully saturated rings. The molecule has 0 saturated heterocycles. The van der Waals surface area contributed by atoms with Crippen LogP contribution < -0.4 is 0 Å². The van der Waals surface area contributed by atoms with Gasteiger partial charge in [-0.2, -0.15) is 0 Å². The molecule has 12 rings (SSSR count). The molecule has 0 unspecified atom stereocenters. The maximum atomic E-state index is 6.44. The van der Waals surface area contributed by atoms with Crippen LogP contribution in [0.25, 0.3) is 89.5 Å². The first kappa shape index (κ1) is 31.0. The third kappa shape index (κ3) is 4.32. The minimum atomic E-state index is -0.459. The number of rotatable bonds is 4. The summed E-state index contributed by atoms with van der Waals surface area (Å²) in [6, 6.07) is 66.6.